The monoisotopic (exact) mass is 388 g/mol. The fourth-order valence-electron chi connectivity index (χ4n) is 3.09. The van der Waals surface area contributed by atoms with Crippen LogP contribution < -0.4 is 19.8 Å². The lowest BCUT2D eigenvalue weighted by molar-refractivity contribution is -0.671. The standard InChI is InChI=1S/C24H30N5/c1-5-29(6-2)24-13-9-22(10-14-24)26-21-7-11-23(12-8-21)28(4)25-19-20-15-17-27(3)18-16-20/h7-19,26H,5-6H2,1-4H3/q+1. The number of hydrogen-bond acceptors (Lipinski definition) is 4. The van der Waals surface area contributed by atoms with Crippen molar-refractivity contribution in [1.82, 2.24) is 0 Å². The molecule has 0 aliphatic carbocycles. The van der Waals surface area contributed by atoms with Gasteiger partial charge in [-0.25, -0.2) is 4.57 Å². The molecule has 0 aliphatic heterocycles. The van der Waals surface area contributed by atoms with Gasteiger partial charge in [-0.1, -0.05) is 0 Å². The molecule has 0 fully saturated rings. The largest absolute Gasteiger partial charge is 0.372 e. The van der Waals surface area contributed by atoms with Gasteiger partial charge in [0.2, 0.25) is 0 Å². The van der Waals surface area contributed by atoms with E-state index in [4.69, 9.17) is 0 Å². The van der Waals surface area contributed by atoms with Gasteiger partial charge in [0.15, 0.2) is 12.4 Å². The van der Waals surface area contributed by atoms with Crippen LogP contribution in [-0.2, 0) is 7.05 Å². The van der Waals surface area contributed by atoms with Crippen LogP contribution in [0, 0.1) is 0 Å². The molecule has 0 saturated carbocycles. The first-order valence-electron chi connectivity index (χ1n) is 10.0. The van der Waals surface area contributed by atoms with Gasteiger partial charge in [-0.05, 0) is 62.4 Å². The van der Waals surface area contributed by atoms with E-state index in [2.05, 4.69) is 77.7 Å². The van der Waals surface area contributed by atoms with E-state index in [-0.39, 0.29) is 0 Å². The maximum atomic E-state index is 4.52. The Hall–Kier alpha value is -3.34. The first-order chi connectivity index (χ1) is 14.1. The molecule has 29 heavy (non-hydrogen) atoms. The molecule has 0 unspecified atom stereocenters. The van der Waals surface area contributed by atoms with E-state index in [9.17, 15) is 0 Å². The predicted molar refractivity (Wildman–Crippen MR) is 123 cm³/mol. The second-order valence-electron chi connectivity index (χ2n) is 6.96. The molecule has 0 amide bonds. The number of nitrogens with one attached hydrogen (secondary N) is 1. The lowest BCUT2D eigenvalue weighted by atomic mass is 10.2. The Morgan fingerprint density at radius 3 is 1.86 bits per heavy atom. The Kier molecular flexibility index (Phi) is 6.85. The van der Waals surface area contributed by atoms with E-state index < -0.39 is 0 Å². The summed E-state index contributed by atoms with van der Waals surface area (Å²) in [6, 6.07) is 20.9. The van der Waals surface area contributed by atoms with Gasteiger partial charge in [0.1, 0.15) is 7.05 Å². The summed E-state index contributed by atoms with van der Waals surface area (Å²) in [6.07, 6.45) is 5.89. The molecule has 5 nitrogen and oxygen atoms in total. The van der Waals surface area contributed by atoms with Crippen molar-refractivity contribution >= 4 is 29.0 Å². The van der Waals surface area contributed by atoms with Crippen LogP contribution in [0.3, 0.4) is 0 Å². The molecule has 0 atom stereocenters. The van der Waals surface area contributed by atoms with Gasteiger partial charge >= 0.3 is 0 Å². The topological polar surface area (TPSA) is 34.8 Å². The minimum absolute atomic E-state index is 1.02. The Labute approximate surface area is 173 Å². The molecule has 1 heterocycles. The average Bonchev–Trinajstić information content (AvgIpc) is 2.76. The summed E-state index contributed by atoms with van der Waals surface area (Å²) in [4.78, 5) is 2.34. The Balaban J connectivity index is 1.61. The van der Waals surface area contributed by atoms with E-state index in [1.165, 1.54) is 5.69 Å². The van der Waals surface area contributed by atoms with Crippen molar-refractivity contribution < 1.29 is 4.57 Å². The lowest BCUT2D eigenvalue weighted by Gasteiger charge is -2.21. The quantitative estimate of drug-likeness (QED) is 0.349. The van der Waals surface area contributed by atoms with Crippen molar-refractivity contribution in [3.63, 3.8) is 0 Å². The number of benzene rings is 2. The van der Waals surface area contributed by atoms with Gasteiger partial charge in [-0.3, -0.25) is 5.01 Å². The van der Waals surface area contributed by atoms with Crippen molar-refractivity contribution in [2.24, 2.45) is 12.1 Å². The van der Waals surface area contributed by atoms with Crippen molar-refractivity contribution in [3.8, 4) is 0 Å². The van der Waals surface area contributed by atoms with Crippen LogP contribution in [-0.4, -0.2) is 26.4 Å². The van der Waals surface area contributed by atoms with Crippen molar-refractivity contribution in [3.05, 3.63) is 78.6 Å². The van der Waals surface area contributed by atoms with Crippen LogP contribution in [0.25, 0.3) is 0 Å². The SMILES string of the molecule is CCN(CC)c1ccc(Nc2ccc(N(C)/N=C/c3cc[n+](C)cc3)cc2)cc1. The molecule has 3 aromatic rings. The molecule has 5 heteroatoms. The van der Waals surface area contributed by atoms with Gasteiger partial charge in [0.05, 0.1) is 11.9 Å². The first kappa shape index (κ1) is 20.4. The first-order valence-corrected chi connectivity index (χ1v) is 10.0. The number of aromatic nitrogens is 1. The Morgan fingerprint density at radius 1 is 0.828 bits per heavy atom. The molecule has 0 saturated heterocycles. The highest BCUT2D eigenvalue weighted by Crippen LogP contribution is 2.23. The lowest BCUT2D eigenvalue weighted by Crippen LogP contribution is -2.25. The third kappa shape index (κ3) is 5.57. The van der Waals surface area contributed by atoms with E-state index in [0.29, 0.717) is 0 Å². The number of nitrogens with zero attached hydrogens (tertiary/aromatic N) is 4. The van der Waals surface area contributed by atoms with Crippen LogP contribution in [0.15, 0.2) is 78.2 Å². The second kappa shape index (κ2) is 9.73. The van der Waals surface area contributed by atoms with Gasteiger partial charge in [0.25, 0.3) is 0 Å². The summed E-state index contributed by atoms with van der Waals surface area (Å²) < 4.78 is 2.00. The number of anilines is 4. The molecule has 3 rings (SSSR count). The van der Waals surface area contributed by atoms with Crippen LogP contribution in [0.2, 0.25) is 0 Å². The molecule has 0 aliphatic rings. The van der Waals surface area contributed by atoms with Gasteiger partial charge in [-0.15, -0.1) is 0 Å². The maximum Gasteiger partial charge on any atom is 0.169 e. The van der Waals surface area contributed by atoms with Crippen molar-refractivity contribution in [1.29, 1.82) is 0 Å². The van der Waals surface area contributed by atoms with Gasteiger partial charge in [-0.2, -0.15) is 5.10 Å². The highest BCUT2D eigenvalue weighted by Gasteiger charge is 2.03. The normalized spacial score (nSPS) is 10.9. The van der Waals surface area contributed by atoms with E-state index in [0.717, 1.165) is 35.7 Å². The fourth-order valence-corrected chi connectivity index (χ4v) is 3.09. The van der Waals surface area contributed by atoms with Crippen LogP contribution in [0.5, 0.6) is 0 Å². The number of pyridine rings is 1. The zero-order valence-corrected chi connectivity index (χ0v) is 17.7. The minimum Gasteiger partial charge on any atom is -0.372 e. The summed E-state index contributed by atoms with van der Waals surface area (Å²) in [6.45, 7) is 6.39. The smallest absolute Gasteiger partial charge is 0.169 e. The summed E-state index contributed by atoms with van der Waals surface area (Å²) in [5.74, 6) is 0. The van der Waals surface area contributed by atoms with E-state index in [1.54, 1.807) is 0 Å². The molecule has 1 aromatic heterocycles. The molecule has 0 spiro atoms. The number of aryl methyl sites for hydroxylation is 1. The van der Waals surface area contributed by atoms with Crippen LogP contribution >= 0.6 is 0 Å². The van der Waals surface area contributed by atoms with Crippen molar-refractivity contribution in [2.75, 3.05) is 35.4 Å². The number of hydrazone groups is 1. The molecule has 1 N–H and O–H groups in total. The number of rotatable bonds is 8. The molecule has 0 bridgehead atoms. The summed E-state index contributed by atoms with van der Waals surface area (Å²) in [5, 5.41) is 9.85. The predicted octanol–water partition coefficient (Wildman–Crippen LogP) is 4.57. The zero-order chi connectivity index (χ0) is 20.6. The second-order valence-corrected chi connectivity index (χ2v) is 6.96. The minimum atomic E-state index is 1.02. The fraction of sp³-hybridized carbons (Fsp3) is 0.250. The molecule has 2 aromatic carbocycles. The highest BCUT2D eigenvalue weighted by molar-refractivity contribution is 5.80. The Morgan fingerprint density at radius 2 is 1.34 bits per heavy atom. The molecular formula is C24H30N5+. The molecule has 0 radical (unpaired) electrons. The average molecular weight is 389 g/mol. The van der Waals surface area contributed by atoms with Gasteiger partial charge < -0.3 is 10.2 Å². The summed E-state index contributed by atoms with van der Waals surface area (Å²) in [7, 11) is 3.95. The van der Waals surface area contributed by atoms with E-state index in [1.807, 2.05) is 54.4 Å². The maximum absolute atomic E-state index is 4.52. The zero-order valence-electron chi connectivity index (χ0n) is 17.7. The van der Waals surface area contributed by atoms with Crippen LogP contribution in [0.4, 0.5) is 22.7 Å². The van der Waals surface area contributed by atoms with E-state index >= 15 is 0 Å². The highest BCUT2D eigenvalue weighted by atomic mass is 15.4. The number of hydrogen-bond donors (Lipinski definition) is 1. The Bertz CT molecular complexity index is 911. The summed E-state index contributed by atoms with van der Waals surface area (Å²) >= 11 is 0. The third-order valence-electron chi connectivity index (χ3n) is 4.91. The third-order valence-corrected chi connectivity index (χ3v) is 4.91. The van der Waals surface area contributed by atoms with Crippen molar-refractivity contribution in [2.45, 2.75) is 13.8 Å². The van der Waals surface area contributed by atoms with Gasteiger partial charge in [0, 0.05) is 54.9 Å². The van der Waals surface area contributed by atoms with Crippen LogP contribution in [0.1, 0.15) is 19.4 Å². The summed E-state index contributed by atoms with van der Waals surface area (Å²) in [5.41, 5.74) is 5.49. The molecule has 150 valence electrons. The molecular weight excluding hydrogens is 358 g/mol.